The van der Waals surface area contributed by atoms with E-state index in [9.17, 15) is 9.59 Å². The molecule has 1 aliphatic rings. The van der Waals surface area contributed by atoms with Crippen molar-refractivity contribution in [3.63, 3.8) is 0 Å². The topological polar surface area (TPSA) is 87.0 Å². The lowest BCUT2D eigenvalue weighted by molar-refractivity contribution is -0.141. The SMILES string of the molecule is O=C(OCc1ccco1)/C(=C/c1ccc2c(c1)OCO2)NC(=O)c1ccccc1. The van der Waals surface area contributed by atoms with E-state index in [4.69, 9.17) is 18.6 Å². The maximum absolute atomic E-state index is 12.6. The first-order valence-electron chi connectivity index (χ1n) is 8.86. The first-order chi connectivity index (χ1) is 14.2. The predicted molar refractivity (Wildman–Crippen MR) is 103 cm³/mol. The molecule has 0 unspecified atom stereocenters. The molecular formula is C22H17NO6. The van der Waals surface area contributed by atoms with Gasteiger partial charge in [0.25, 0.3) is 5.91 Å². The van der Waals surface area contributed by atoms with Crippen LogP contribution in [-0.2, 0) is 16.1 Å². The van der Waals surface area contributed by atoms with Crippen LogP contribution in [0, 0.1) is 0 Å². The van der Waals surface area contributed by atoms with Gasteiger partial charge < -0.3 is 23.9 Å². The van der Waals surface area contributed by atoms with Gasteiger partial charge in [-0.25, -0.2) is 4.79 Å². The largest absolute Gasteiger partial charge is 0.466 e. The van der Waals surface area contributed by atoms with E-state index < -0.39 is 11.9 Å². The van der Waals surface area contributed by atoms with E-state index in [1.165, 1.54) is 12.3 Å². The molecule has 7 nitrogen and oxygen atoms in total. The maximum Gasteiger partial charge on any atom is 0.355 e. The molecule has 0 radical (unpaired) electrons. The zero-order chi connectivity index (χ0) is 20.1. The standard InChI is InChI=1S/C22H17NO6/c24-21(16-5-2-1-3-6-16)23-18(22(25)27-13-17-7-4-10-26-17)11-15-8-9-19-20(12-15)29-14-28-19/h1-12H,13-14H2,(H,23,24)/b18-11-. The Kier molecular flexibility index (Phi) is 5.29. The van der Waals surface area contributed by atoms with Gasteiger partial charge in [0.1, 0.15) is 18.1 Å². The fraction of sp³-hybridized carbons (Fsp3) is 0.0909. The average Bonchev–Trinajstić information content (AvgIpc) is 3.43. The van der Waals surface area contributed by atoms with E-state index in [-0.39, 0.29) is 19.1 Å². The van der Waals surface area contributed by atoms with Crippen molar-refractivity contribution in [1.29, 1.82) is 0 Å². The van der Waals surface area contributed by atoms with Crippen molar-refractivity contribution >= 4 is 18.0 Å². The van der Waals surface area contributed by atoms with Crippen molar-refractivity contribution < 1.29 is 28.2 Å². The minimum absolute atomic E-state index is 0.00993. The van der Waals surface area contributed by atoms with Crippen molar-refractivity contribution in [1.82, 2.24) is 5.32 Å². The Morgan fingerprint density at radius 2 is 1.83 bits per heavy atom. The normalized spacial score (nSPS) is 12.5. The molecule has 3 aromatic rings. The van der Waals surface area contributed by atoms with Crippen molar-refractivity contribution in [3.8, 4) is 11.5 Å². The van der Waals surface area contributed by atoms with E-state index in [2.05, 4.69) is 5.32 Å². The molecule has 0 atom stereocenters. The molecule has 29 heavy (non-hydrogen) atoms. The van der Waals surface area contributed by atoms with Crippen LogP contribution in [0.2, 0.25) is 0 Å². The summed E-state index contributed by atoms with van der Waals surface area (Å²) in [5.41, 5.74) is 1.06. The Morgan fingerprint density at radius 3 is 2.62 bits per heavy atom. The Hall–Kier alpha value is -4.00. The van der Waals surface area contributed by atoms with E-state index in [0.29, 0.717) is 28.4 Å². The van der Waals surface area contributed by atoms with Gasteiger partial charge in [-0.1, -0.05) is 24.3 Å². The molecule has 1 aliphatic heterocycles. The summed E-state index contributed by atoms with van der Waals surface area (Å²) in [5, 5.41) is 2.62. The number of hydrogen-bond acceptors (Lipinski definition) is 6. The Balaban J connectivity index is 1.57. The van der Waals surface area contributed by atoms with E-state index >= 15 is 0 Å². The summed E-state index contributed by atoms with van der Waals surface area (Å²) in [5.74, 6) is 0.569. The summed E-state index contributed by atoms with van der Waals surface area (Å²) in [7, 11) is 0. The van der Waals surface area contributed by atoms with Crippen molar-refractivity contribution in [2.75, 3.05) is 6.79 Å². The molecule has 7 heteroatoms. The lowest BCUT2D eigenvalue weighted by Crippen LogP contribution is -2.28. The van der Waals surface area contributed by atoms with Crippen molar-refractivity contribution in [2.24, 2.45) is 0 Å². The number of esters is 1. The highest BCUT2D eigenvalue weighted by Gasteiger charge is 2.18. The second kappa shape index (κ2) is 8.35. The van der Waals surface area contributed by atoms with E-state index in [1.807, 2.05) is 0 Å². The Labute approximate surface area is 166 Å². The second-order valence-corrected chi connectivity index (χ2v) is 6.15. The molecule has 1 N–H and O–H groups in total. The lowest BCUT2D eigenvalue weighted by Gasteiger charge is -2.10. The number of benzene rings is 2. The molecule has 2 aromatic carbocycles. The predicted octanol–water partition coefficient (Wildman–Crippen LogP) is 3.52. The van der Waals surface area contributed by atoms with Crippen LogP contribution in [0.5, 0.6) is 11.5 Å². The highest BCUT2D eigenvalue weighted by atomic mass is 16.7. The molecule has 0 spiro atoms. The summed E-state index contributed by atoms with van der Waals surface area (Å²) in [6.45, 7) is 0.0941. The minimum atomic E-state index is -0.691. The van der Waals surface area contributed by atoms with Gasteiger partial charge >= 0.3 is 5.97 Å². The van der Waals surface area contributed by atoms with Crippen LogP contribution in [0.4, 0.5) is 0 Å². The monoisotopic (exact) mass is 391 g/mol. The van der Waals surface area contributed by atoms with Crippen molar-refractivity contribution in [3.05, 3.63) is 89.5 Å². The zero-order valence-corrected chi connectivity index (χ0v) is 15.3. The van der Waals surface area contributed by atoms with Gasteiger partial charge in [-0.05, 0) is 48.0 Å². The quantitative estimate of drug-likeness (QED) is 0.511. The number of carbonyl (C=O) groups excluding carboxylic acids is 2. The minimum Gasteiger partial charge on any atom is -0.466 e. The van der Waals surface area contributed by atoms with Gasteiger partial charge in [0.2, 0.25) is 6.79 Å². The van der Waals surface area contributed by atoms with Crippen molar-refractivity contribution in [2.45, 2.75) is 6.61 Å². The molecule has 146 valence electrons. The average molecular weight is 391 g/mol. The molecule has 0 fully saturated rings. The number of fused-ring (bicyclic) bond motifs is 1. The smallest absolute Gasteiger partial charge is 0.355 e. The number of nitrogens with one attached hydrogen (secondary N) is 1. The van der Waals surface area contributed by atoms with Gasteiger partial charge in [-0.3, -0.25) is 4.79 Å². The third-order valence-corrected chi connectivity index (χ3v) is 4.14. The summed E-state index contributed by atoms with van der Waals surface area (Å²) >= 11 is 0. The Morgan fingerprint density at radius 1 is 1.00 bits per heavy atom. The molecule has 4 rings (SSSR count). The van der Waals surface area contributed by atoms with Gasteiger partial charge in [0.15, 0.2) is 11.5 Å². The maximum atomic E-state index is 12.6. The molecule has 0 saturated heterocycles. The molecule has 1 aromatic heterocycles. The number of furan rings is 1. The number of ether oxygens (including phenoxy) is 3. The molecular weight excluding hydrogens is 374 g/mol. The van der Waals surface area contributed by atoms with Gasteiger partial charge in [-0.15, -0.1) is 0 Å². The summed E-state index contributed by atoms with van der Waals surface area (Å²) in [6.07, 6.45) is 3.01. The fourth-order valence-electron chi connectivity index (χ4n) is 2.71. The summed E-state index contributed by atoms with van der Waals surface area (Å²) < 4.78 is 21.1. The van der Waals surface area contributed by atoms with Gasteiger partial charge in [0, 0.05) is 5.56 Å². The van der Waals surface area contributed by atoms with Crippen LogP contribution in [0.25, 0.3) is 6.08 Å². The molecule has 0 bridgehead atoms. The molecule has 0 aliphatic carbocycles. The number of hydrogen-bond donors (Lipinski definition) is 1. The van der Waals surface area contributed by atoms with E-state index in [0.717, 1.165) is 0 Å². The van der Waals surface area contributed by atoms with Crippen LogP contribution < -0.4 is 14.8 Å². The number of carbonyl (C=O) groups is 2. The first kappa shape index (κ1) is 18.4. The number of amides is 1. The highest BCUT2D eigenvalue weighted by molar-refractivity contribution is 6.03. The highest BCUT2D eigenvalue weighted by Crippen LogP contribution is 2.33. The second-order valence-electron chi connectivity index (χ2n) is 6.15. The van der Waals surface area contributed by atoms with E-state index in [1.54, 1.807) is 60.7 Å². The third kappa shape index (κ3) is 4.47. The van der Waals surface area contributed by atoms with Crippen LogP contribution in [0.3, 0.4) is 0 Å². The van der Waals surface area contributed by atoms with Crippen LogP contribution in [-0.4, -0.2) is 18.7 Å². The third-order valence-electron chi connectivity index (χ3n) is 4.14. The first-order valence-corrected chi connectivity index (χ1v) is 8.86. The van der Waals surface area contributed by atoms with Crippen LogP contribution in [0.15, 0.2) is 77.0 Å². The fourth-order valence-corrected chi connectivity index (χ4v) is 2.71. The summed E-state index contributed by atoms with van der Waals surface area (Å²) in [4.78, 5) is 25.2. The zero-order valence-electron chi connectivity index (χ0n) is 15.3. The van der Waals surface area contributed by atoms with Gasteiger partial charge in [0.05, 0.1) is 6.26 Å². The van der Waals surface area contributed by atoms with Crippen LogP contribution in [0.1, 0.15) is 21.7 Å². The molecule has 0 saturated carbocycles. The summed E-state index contributed by atoms with van der Waals surface area (Å²) in [6, 6.07) is 17.2. The molecule has 2 heterocycles. The van der Waals surface area contributed by atoms with Crippen LogP contribution >= 0.6 is 0 Å². The lowest BCUT2D eigenvalue weighted by atomic mass is 10.1. The number of rotatable bonds is 6. The molecule has 1 amide bonds. The Bertz CT molecular complexity index is 1040. The van der Waals surface area contributed by atoms with Gasteiger partial charge in [-0.2, -0.15) is 0 Å².